The molecule has 0 saturated heterocycles. The molecule has 0 aliphatic heterocycles. The van der Waals surface area contributed by atoms with Crippen LogP contribution in [0.3, 0.4) is 0 Å². The van der Waals surface area contributed by atoms with E-state index in [0.717, 1.165) is 0 Å². The summed E-state index contributed by atoms with van der Waals surface area (Å²) in [5, 5.41) is 3.01. The van der Waals surface area contributed by atoms with Crippen molar-refractivity contribution < 1.29 is 0 Å². The molecule has 0 N–H and O–H groups in total. The van der Waals surface area contributed by atoms with Gasteiger partial charge in [0.15, 0.2) is 0 Å². The summed E-state index contributed by atoms with van der Waals surface area (Å²) in [5.41, 5.74) is 0. The molecule has 94 valence electrons. The summed E-state index contributed by atoms with van der Waals surface area (Å²) >= 11 is 0. The van der Waals surface area contributed by atoms with Crippen molar-refractivity contribution in [3.63, 3.8) is 0 Å². The first-order valence-electron chi connectivity index (χ1n) is 6.19. The zero-order valence-electron chi connectivity index (χ0n) is 11.2. The van der Waals surface area contributed by atoms with Crippen LogP contribution < -0.4 is 10.6 Å². The highest BCUT2D eigenvalue weighted by Crippen LogP contribution is 2.58. The smallest absolute Gasteiger partial charge is 0.0495 e. The van der Waals surface area contributed by atoms with Gasteiger partial charge in [-0.3, -0.25) is 0 Å². The van der Waals surface area contributed by atoms with Crippen molar-refractivity contribution in [2.45, 2.75) is 19.6 Å². The lowest BCUT2D eigenvalue weighted by molar-refractivity contribution is 1.76. The van der Waals surface area contributed by atoms with E-state index in [1.54, 1.807) is 7.82 Å². The summed E-state index contributed by atoms with van der Waals surface area (Å²) in [6.45, 7) is 7.36. The molecule has 0 aliphatic carbocycles. The van der Waals surface area contributed by atoms with E-state index in [9.17, 15) is 0 Å². The molecule has 2 rings (SSSR count). The molecule has 0 bridgehead atoms. The number of rotatable bonds is 4. The van der Waals surface area contributed by atoms with E-state index >= 15 is 0 Å². The fourth-order valence-corrected chi connectivity index (χ4v) is 14.5. The van der Waals surface area contributed by atoms with Crippen molar-refractivity contribution in [2.24, 2.45) is 0 Å². The predicted molar refractivity (Wildman–Crippen MR) is 89.3 cm³/mol. The summed E-state index contributed by atoms with van der Waals surface area (Å²) in [5.74, 6) is 0. The molecule has 0 atom stereocenters. The molecule has 2 aromatic carbocycles. The number of hydrogen-bond acceptors (Lipinski definition) is 0. The molecule has 0 amide bonds. The van der Waals surface area contributed by atoms with Gasteiger partial charge in [0.05, 0.1) is 0 Å². The van der Waals surface area contributed by atoms with Crippen LogP contribution in [0.25, 0.3) is 0 Å². The van der Waals surface area contributed by atoms with E-state index in [1.165, 1.54) is 10.6 Å². The van der Waals surface area contributed by atoms with Gasteiger partial charge >= 0.3 is 0 Å². The Hall–Kier alpha value is -0.483. The molecular formula is C15H19P2Si-. The summed E-state index contributed by atoms with van der Waals surface area (Å²) in [6.07, 6.45) is 0. The molecule has 0 heterocycles. The largest absolute Gasteiger partial charge is 0.499 e. The van der Waals surface area contributed by atoms with Crippen LogP contribution in [0, 0.1) is 0 Å². The summed E-state index contributed by atoms with van der Waals surface area (Å²) < 4.78 is 0. The Kier molecular flexibility index (Phi) is 4.73. The highest BCUT2D eigenvalue weighted by atomic mass is 32.2. The van der Waals surface area contributed by atoms with Crippen LogP contribution in [-0.4, -0.2) is 7.74 Å². The van der Waals surface area contributed by atoms with Crippen LogP contribution in [0.15, 0.2) is 60.7 Å². The van der Waals surface area contributed by atoms with Gasteiger partial charge in [0.1, 0.15) is 0 Å². The van der Waals surface area contributed by atoms with Crippen molar-refractivity contribution >= 4 is 33.8 Å². The third kappa shape index (κ3) is 4.02. The quantitative estimate of drug-likeness (QED) is 0.559. The van der Waals surface area contributed by atoms with Gasteiger partial charge in [0, 0.05) is 0 Å². The van der Waals surface area contributed by atoms with Gasteiger partial charge in [0.25, 0.3) is 0 Å². The number of hydrogen-bond donors (Lipinski definition) is 0. The second-order valence-electron chi connectivity index (χ2n) is 5.25. The molecule has 0 nitrogen and oxygen atoms in total. The first-order valence-corrected chi connectivity index (χ1v) is 13.5. The van der Waals surface area contributed by atoms with Crippen molar-refractivity contribution in [3.8, 4) is 0 Å². The lowest BCUT2D eigenvalue weighted by Crippen LogP contribution is -2.16. The second kappa shape index (κ2) is 6.11. The van der Waals surface area contributed by atoms with Crippen LogP contribution >= 0.6 is 15.4 Å². The minimum absolute atomic E-state index is 0.205. The fraction of sp³-hybridized carbons (Fsp3) is 0.200. The molecule has 0 spiro atoms. The van der Waals surface area contributed by atoms with Crippen molar-refractivity contribution in [3.05, 3.63) is 60.7 Å². The van der Waals surface area contributed by atoms with Gasteiger partial charge < -0.3 is 7.82 Å². The van der Waals surface area contributed by atoms with Crippen LogP contribution in [0.4, 0.5) is 0 Å². The van der Waals surface area contributed by atoms with Crippen LogP contribution in [-0.2, 0) is 0 Å². The van der Waals surface area contributed by atoms with Gasteiger partial charge in [-0.15, -0.1) is 0 Å². The van der Waals surface area contributed by atoms with Gasteiger partial charge in [0.2, 0.25) is 0 Å². The van der Waals surface area contributed by atoms with E-state index in [2.05, 4.69) is 80.3 Å². The minimum Gasteiger partial charge on any atom is -0.499 e. The Balaban J connectivity index is 2.36. The molecule has 0 aliphatic rings. The van der Waals surface area contributed by atoms with E-state index in [4.69, 9.17) is 0 Å². The Labute approximate surface area is 114 Å². The average molecular weight is 289 g/mol. The van der Waals surface area contributed by atoms with Gasteiger partial charge in [-0.05, 0) is 10.6 Å². The average Bonchev–Trinajstić information content (AvgIpc) is 2.37. The van der Waals surface area contributed by atoms with Gasteiger partial charge in [-0.25, -0.2) is 7.61 Å². The standard InChI is InChI=1S/C15H19P2Si/c1-18(2,3)16-17(14-10-6-4-7-11-14)15-12-8-5-9-13-15/h4-13H,1-3H3/q-1. The van der Waals surface area contributed by atoms with Gasteiger partial charge in [-0.1, -0.05) is 88.0 Å². The summed E-state index contributed by atoms with van der Waals surface area (Å²) in [6, 6.07) is 22.0. The van der Waals surface area contributed by atoms with Crippen molar-refractivity contribution in [2.75, 3.05) is 0 Å². The molecule has 0 fully saturated rings. The normalized spacial score (nSPS) is 12.4. The lowest BCUT2D eigenvalue weighted by atomic mass is 10.4. The summed E-state index contributed by atoms with van der Waals surface area (Å²) in [4.78, 5) is 0. The monoisotopic (exact) mass is 289 g/mol. The first kappa shape index (κ1) is 13.9. The Morgan fingerprint density at radius 3 is 1.44 bits per heavy atom. The lowest BCUT2D eigenvalue weighted by Gasteiger charge is -2.42. The van der Waals surface area contributed by atoms with Crippen LogP contribution in [0.5, 0.6) is 0 Å². The second-order valence-corrected chi connectivity index (χ2v) is 19.1. The molecule has 0 saturated carbocycles. The molecule has 0 aromatic heterocycles. The molecule has 0 radical (unpaired) electrons. The van der Waals surface area contributed by atoms with Crippen LogP contribution in [0.1, 0.15) is 0 Å². The van der Waals surface area contributed by atoms with Gasteiger partial charge in [-0.2, -0.15) is 0 Å². The van der Waals surface area contributed by atoms with Crippen molar-refractivity contribution in [1.82, 2.24) is 0 Å². The van der Waals surface area contributed by atoms with E-state index in [0.29, 0.717) is 0 Å². The Bertz CT molecular complexity index is 437. The maximum absolute atomic E-state index is 2.45. The molecular weight excluding hydrogens is 270 g/mol. The highest BCUT2D eigenvalue weighted by molar-refractivity contribution is 8.40. The predicted octanol–water partition coefficient (Wildman–Crippen LogP) is 4.82. The molecule has 2 aromatic rings. The zero-order chi connectivity index (χ0) is 13.0. The van der Waals surface area contributed by atoms with Crippen LogP contribution in [0.2, 0.25) is 19.6 Å². The Morgan fingerprint density at radius 1 is 0.722 bits per heavy atom. The third-order valence-corrected chi connectivity index (χ3v) is 15.8. The topological polar surface area (TPSA) is 0 Å². The maximum atomic E-state index is 2.45. The fourth-order valence-electron chi connectivity index (χ4n) is 1.70. The van der Waals surface area contributed by atoms with E-state index < -0.39 is 7.74 Å². The molecule has 3 heteroatoms. The first-order chi connectivity index (χ1) is 8.56. The SMILES string of the molecule is C[Si](C)(C)[P-]P(c1ccccc1)c1ccccc1. The minimum atomic E-state index is -1.08. The maximum Gasteiger partial charge on any atom is -0.0495 e. The summed E-state index contributed by atoms with van der Waals surface area (Å²) in [7, 11) is 0.362. The van der Waals surface area contributed by atoms with Crippen molar-refractivity contribution in [1.29, 1.82) is 0 Å². The molecule has 0 unspecified atom stereocenters. The van der Waals surface area contributed by atoms with E-state index in [-0.39, 0.29) is 7.61 Å². The van der Waals surface area contributed by atoms with E-state index in [1.807, 2.05) is 0 Å². The number of benzene rings is 2. The Morgan fingerprint density at radius 2 is 1.11 bits per heavy atom. The highest BCUT2D eigenvalue weighted by Gasteiger charge is 2.08. The molecule has 18 heavy (non-hydrogen) atoms. The zero-order valence-corrected chi connectivity index (χ0v) is 14.0. The third-order valence-electron chi connectivity index (χ3n) is 2.40.